The second-order valence-corrected chi connectivity index (χ2v) is 4.88. The van der Waals surface area contributed by atoms with Gasteiger partial charge in [0.25, 0.3) is 0 Å². The van der Waals surface area contributed by atoms with Crippen LogP contribution in [0.25, 0.3) is 0 Å². The summed E-state index contributed by atoms with van der Waals surface area (Å²) >= 11 is 3.41. The van der Waals surface area contributed by atoms with Crippen LogP contribution in [0.15, 0.2) is 24.3 Å². The zero-order chi connectivity index (χ0) is 11.5. The predicted octanol–water partition coefficient (Wildman–Crippen LogP) is 2.59. The van der Waals surface area contributed by atoms with Crippen molar-refractivity contribution in [2.75, 3.05) is 18.6 Å². The summed E-state index contributed by atoms with van der Waals surface area (Å²) in [6.07, 6.45) is 1.92. The first kappa shape index (κ1) is 11.5. The zero-order valence-electron chi connectivity index (χ0n) is 9.15. The summed E-state index contributed by atoms with van der Waals surface area (Å²) in [7, 11) is 1.62. The summed E-state index contributed by atoms with van der Waals surface area (Å²) < 4.78 is 5.27. The molecule has 1 aromatic carbocycles. The number of carbonyl (C=O) groups is 1. The number of amides is 1. The Morgan fingerprint density at radius 2 is 2.19 bits per heavy atom. The van der Waals surface area contributed by atoms with Crippen LogP contribution in [-0.4, -0.2) is 24.4 Å². The van der Waals surface area contributed by atoms with Crippen LogP contribution < -0.4 is 9.64 Å². The molecule has 16 heavy (non-hydrogen) atoms. The van der Waals surface area contributed by atoms with Gasteiger partial charge in [0.1, 0.15) is 5.75 Å². The van der Waals surface area contributed by atoms with Gasteiger partial charge >= 0.3 is 0 Å². The lowest BCUT2D eigenvalue weighted by atomic mass is 10.1. The van der Waals surface area contributed by atoms with Crippen molar-refractivity contribution in [2.45, 2.75) is 17.7 Å². The quantitative estimate of drug-likeness (QED) is 0.781. The van der Waals surface area contributed by atoms with E-state index in [1.54, 1.807) is 12.0 Å². The second-order valence-electron chi connectivity index (χ2n) is 3.77. The van der Waals surface area contributed by atoms with Crippen LogP contribution in [0, 0.1) is 0 Å². The van der Waals surface area contributed by atoms with Gasteiger partial charge in [-0.15, -0.1) is 0 Å². The Kier molecular flexibility index (Phi) is 3.49. The summed E-state index contributed by atoms with van der Waals surface area (Å²) in [6, 6.07) is 7.62. The van der Waals surface area contributed by atoms with Crippen LogP contribution in [0.3, 0.4) is 0 Å². The van der Waals surface area contributed by atoms with E-state index in [1.165, 1.54) is 0 Å². The van der Waals surface area contributed by atoms with Crippen LogP contribution in [0.5, 0.6) is 5.75 Å². The number of benzene rings is 1. The highest BCUT2D eigenvalue weighted by atomic mass is 79.9. The van der Waals surface area contributed by atoms with Gasteiger partial charge in [0.05, 0.1) is 17.6 Å². The van der Waals surface area contributed by atoms with Crippen molar-refractivity contribution in [1.29, 1.82) is 0 Å². The molecule has 86 valence electrons. The monoisotopic (exact) mass is 283 g/mol. The topological polar surface area (TPSA) is 29.5 Å². The number of carbonyl (C=O) groups excluding carboxylic acids is 1. The fourth-order valence-electron chi connectivity index (χ4n) is 1.92. The Morgan fingerprint density at radius 1 is 1.44 bits per heavy atom. The van der Waals surface area contributed by atoms with E-state index in [0.29, 0.717) is 0 Å². The Morgan fingerprint density at radius 3 is 2.94 bits per heavy atom. The Balaban J connectivity index is 2.32. The molecule has 0 saturated carbocycles. The molecule has 1 saturated heterocycles. The largest absolute Gasteiger partial charge is 0.495 e. The van der Waals surface area contributed by atoms with E-state index in [2.05, 4.69) is 15.9 Å². The third-order valence-corrected chi connectivity index (χ3v) is 3.60. The lowest BCUT2D eigenvalue weighted by Crippen LogP contribution is -2.41. The number of halogens is 1. The summed E-state index contributed by atoms with van der Waals surface area (Å²) in [5, 5.41) is 0. The average molecular weight is 284 g/mol. The number of hydrogen-bond acceptors (Lipinski definition) is 2. The molecule has 0 N–H and O–H groups in total. The van der Waals surface area contributed by atoms with Gasteiger partial charge < -0.3 is 9.64 Å². The molecule has 0 aromatic heterocycles. The van der Waals surface area contributed by atoms with E-state index in [0.717, 1.165) is 30.8 Å². The third-order valence-electron chi connectivity index (χ3n) is 2.75. The van der Waals surface area contributed by atoms with E-state index in [-0.39, 0.29) is 10.7 Å². The fraction of sp³-hybridized carbons (Fsp3) is 0.417. The van der Waals surface area contributed by atoms with Gasteiger partial charge in [0, 0.05) is 6.54 Å². The van der Waals surface area contributed by atoms with Crippen molar-refractivity contribution in [3.8, 4) is 5.75 Å². The lowest BCUT2D eigenvalue weighted by molar-refractivity contribution is -0.118. The first-order valence-electron chi connectivity index (χ1n) is 5.32. The van der Waals surface area contributed by atoms with E-state index in [1.807, 2.05) is 24.3 Å². The van der Waals surface area contributed by atoms with E-state index < -0.39 is 0 Å². The number of alkyl halides is 1. The number of anilines is 1. The number of nitrogens with zero attached hydrogens (tertiary/aromatic N) is 1. The number of rotatable bonds is 2. The molecule has 1 aromatic rings. The lowest BCUT2D eigenvalue weighted by Gasteiger charge is -2.30. The highest BCUT2D eigenvalue weighted by Crippen LogP contribution is 2.31. The first-order valence-corrected chi connectivity index (χ1v) is 6.24. The van der Waals surface area contributed by atoms with Gasteiger partial charge in [0.15, 0.2) is 0 Å². The molecule has 1 heterocycles. The molecule has 1 fully saturated rings. The summed E-state index contributed by atoms with van der Waals surface area (Å²) in [4.78, 5) is 13.7. The molecule has 1 atom stereocenters. The summed E-state index contributed by atoms with van der Waals surface area (Å²) in [6.45, 7) is 0.765. The molecular weight excluding hydrogens is 270 g/mol. The summed E-state index contributed by atoms with van der Waals surface area (Å²) in [5.74, 6) is 0.869. The number of hydrogen-bond donors (Lipinski definition) is 0. The summed E-state index contributed by atoms with van der Waals surface area (Å²) in [5.41, 5.74) is 0.860. The molecule has 4 heteroatoms. The van der Waals surface area contributed by atoms with Crippen LogP contribution in [-0.2, 0) is 4.79 Å². The zero-order valence-corrected chi connectivity index (χ0v) is 10.7. The van der Waals surface area contributed by atoms with Gasteiger partial charge in [-0.3, -0.25) is 4.79 Å². The number of ether oxygens (including phenoxy) is 1. The van der Waals surface area contributed by atoms with Crippen LogP contribution in [0.1, 0.15) is 12.8 Å². The first-order chi connectivity index (χ1) is 7.74. The molecule has 0 bridgehead atoms. The van der Waals surface area contributed by atoms with Gasteiger partial charge in [-0.1, -0.05) is 28.1 Å². The van der Waals surface area contributed by atoms with E-state index in [4.69, 9.17) is 4.74 Å². The van der Waals surface area contributed by atoms with Gasteiger partial charge in [-0.2, -0.15) is 0 Å². The highest BCUT2D eigenvalue weighted by molar-refractivity contribution is 9.10. The molecule has 2 rings (SSSR count). The molecule has 0 radical (unpaired) electrons. The molecule has 0 aliphatic carbocycles. The molecule has 1 aliphatic heterocycles. The maximum Gasteiger partial charge on any atom is 0.240 e. The second kappa shape index (κ2) is 4.87. The van der Waals surface area contributed by atoms with Crippen LogP contribution in [0.2, 0.25) is 0 Å². The molecule has 0 unspecified atom stereocenters. The van der Waals surface area contributed by atoms with E-state index in [9.17, 15) is 4.79 Å². The maximum absolute atomic E-state index is 12.0. The normalized spacial score (nSPS) is 21.0. The smallest absolute Gasteiger partial charge is 0.240 e. The van der Waals surface area contributed by atoms with Crippen molar-refractivity contribution < 1.29 is 9.53 Å². The van der Waals surface area contributed by atoms with Gasteiger partial charge in [-0.05, 0) is 25.0 Å². The third kappa shape index (κ3) is 2.07. The molecule has 1 amide bonds. The minimum atomic E-state index is -0.0637. The van der Waals surface area contributed by atoms with E-state index >= 15 is 0 Å². The fourth-order valence-corrected chi connectivity index (χ4v) is 2.49. The molecule has 3 nitrogen and oxygen atoms in total. The molecule has 0 spiro atoms. The Bertz CT molecular complexity index is 394. The molecular formula is C12H14BrNO2. The number of para-hydroxylation sites is 2. The van der Waals surface area contributed by atoms with Crippen LogP contribution >= 0.6 is 15.9 Å². The Hall–Kier alpha value is -1.03. The minimum Gasteiger partial charge on any atom is -0.495 e. The Labute approximate surface area is 104 Å². The van der Waals surface area contributed by atoms with Crippen molar-refractivity contribution in [3.63, 3.8) is 0 Å². The van der Waals surface area contributed by atoms with Gasteiger partial charge in [-0.25, -0.2) is 0 Å². The maximum atomic E-state index is 12.0. The minimum absolute atomic E-state index is 0.0637. The van der Waals surface area contributed by atoms with Crippen LogP contribution in [0.4, 0.5) is 5.69 Å². The number of piperidine rings is 1. The molecule has 1 aliphatic rings. The van der Waals surface area contributed by atoms with Crippen molar-refractivity contribution in [2.24, 2.45) is 0 Å². The standard InChI is InChI=1S/C12H14BrNO2/c1-16-11-7-3-2-6-10(11)14-8-4-5-9(13)12(14)15/h2-3,6-7,9H,4-5,8H2,1H3/t9-/m0/s1. The van der Waals surface area contributed by atoms with Crippen molar-refractivity contribution >= 4 is 27.5 Å². The number of methoxy groups -OCH3 is 1. The SMILES string of the molecule is COc1ccccc1N1CCC[C@H](Br)C1=O. The van der Waals surface area contributed by atoms with Crippen molar-refractivity contribution in [3.05, 3.63) is 24.3 Å². The van der Waals surface area contributed by atoms with Crippen molar-refractivity contribution in [1.82, 2.24) is 0 Å². The average Bonchev–Trinajstić information content (AvgIpc) is 2.33. The van der Waals surface area contributed by atoms with Gasteiger partial charge in [0.2, 0.25) is 5.91 Å². The predicted molar refractivity (Wildman–Crippen MR) is 67.3 cm³/mol. The highest BCUT2D eigenvalue weighted by Gasteiger charge is 2.28.